The van der Waals surface area contributed by atoms with E-state index in [1.54, 1.807) is 23.0 Å². The minimum absolute atomic E-state index is 0.0104. The summed E-state index contributed by atoms with van der Waals surface area (Å²) in [4.78, 5) is 23.3. The number of nitrogens with zero attached hydrogens (tertiary/aromatic N) is 3. The van der Waals surface area contributed by atoms with Crippen molar-refractivity contribution < 1.29 is 14.3 Å². The second kappa shape index (κ2) is 6.45. The number of hydrogen-bond donors (Lipinski definition) is 1. The molecule has 0 saturated heterocycles. The third-order valence-corrected chi connectivity index (χ3v) is 3.05. The van der Waals surface area contributed by atoms with E-state index in [1.165, 1.54) is 18.0 Å². The fourth-order valence-corrected chi connectivity index (χ4v) is 2.05. The molecule has 2 heterocycles. The van der Waals surface area contributed by atoms with E-state index < -0.39 is 5.97 Å². The molecule has 1 N–H and O–H groups in total. The maximum Gasteiger partial charge on any atom is 0.327 e. The lowest BCUT2D eigenvalue weighted by Gasteiger charge is -2.05. The van der Waals surface area contributed by atoms with Crippen LogP contribution in [0.1, 0.15) is 17.4 Å². The zero-order valence-electron chi connectivity index (χ0n) is 11.7. The molecular weight excluding hydrogens is 296 g/mol. The van der Waals surface area contributed by atoms with Gasteiger partial charge in [-0.05, 0) is 13.0 Å². The normalized spacial score (nSPS) is 10.4. The summed E-state index contributed by atoms with van der Waals surface area (Å²) in [5.74, 6) is -0.705. The number of amides is 1. The van der Waals surface area contributed by atoms with Gasteiger partial charge in [-0.2, -0.15) is 5.10 Å². The lowest BCUT2D eigenvalue weighted by molar-refractivity contribution is -0.141. The molecule has 112 valence electrons. The third kappa shape index (κ3) is 3.63. The van der Waals surface area contributed by atoms with Crippen molar-refractivity contribution in [2.45, 2.75) is 20.0 Å². The number of aryl methyl sites for hydroxylation is 1. The Kier molecular flexibility index (Phi) is 4.64. The average molecular weight is 311 g/mol. The van der Waals surface area contributed by atoms with Crippen LogP contribution in [0, 0.1) is 0 Å². The fraction of sp³-hybridized carbons (Fsp3) is 0.308. The number of halogens is 1. The van der Waals surface area contributed by atoms with Crippen molar-refractivity contribution in [3.05, 3.63) is 35.4 Å². The van der Waals surface area contributed by atoms with Crippen LogP contribution in [0.3, 0.4) is 0 Å². The van der Waals surface area contributed by atoms with Crippen LogP contribution in [0.15, 0.2) is 24.7 Å². The van der Waals surface area contributed by atoms with Crippen molar-refractivity contribution in [3.8, 4) is 0 Å². The molecule has 2 aromatic heterocycles. The number of esters is 1. The molecule has 0 aliphatic heterocycles. The molecular formula is C13H15ClN4O3. The summed E-state index contributed by atoms with van der Waals surface area (Å²) >= 11 is 5.90. The van der Waals surface area contributed by atoms with Crippen molar-refractivity contribution >= 4 is 29.2 Å². The van der Waals surface area contributed by atoms with Gasteiger partial charge in [0.05, 0.1) is 24.0 Å². The van der Waals surface area contributed by atoms with Gasteiger partial charge in [0.15, 0.2) is 0 Å². The second-order valence-electron chi connectivity index (χ2n) is 4.29. The van der Waals surface area contributed by atoms with E-state index in [4.69, 9.17) is 11.6 Å². The highest BCUT2D eigenvalue weighted by Gasteiger charge is 2.14. The summed E-state index contributed by atoms with van der Waals surface area (Å²) in [5.41, 5.74) is 0.951. The van der Waals surface area contributed by atoms with Crippen LogP contribution in [0.2, 0.25) is 5.02 Å². The maximum atomic E-state index is 12.2. The smallest absolute Gasteiger partial charge is 0.327 e. The number of carbonyl (C=O) groups excluding carboxylic acids is 2. The Morgan fingerprint density at radius 1 is 1.43 bits per heavy atom. The molecule has 1 amide bonds. The number of hydrogen-bond acceptors (Lipinski definition) is 4. The Morgan fingerprint density at radius 3 is 2.86 bits per heavy atom. The Labute approximate surface area is 126 Å². The largest absolute Gasteiger partial charge is 0.468 e. The van der Waals surface area contributed by atoms with E-state index in [0.717, 1.165) is 0 Å². The summed E-state index contributed by atoms with van der Waals surface area (Å²) < 4.78 is 7.67. The maximum absolute atomic E-state index is 12.2. The lowest BCUT2D eigenvalue weighted by atomic mass is 10.4. The monoisotopic (exact) mass is 310 g/mol. The molecule has 0 spiro atoms. The molecule has 8 heteroatoms. The molecule has 0 atom stereocenters. The van der Waals surface area contributed by atoms with Gasteiger partial charge in [-0.3, -0.25) is 14.3 Å². The number of carbonyl (C=O) groups is 2. The molecule has 0 fully saturated rings. The van der Waals surface area contributed by atoms with Gasteiger partial charge in [-0.1, -0.05) is 11.6 Å². The first-order valence-electron chi connectivity index (χ1n) is 6.29. The quantitative estimate of drug-likeness (QED) is 0.854. The molecule has 0 radical (unpaired) electrons. The highest BCUT2D eigenvalue weighted by molar-refractivity contribution is 6.31. The molecule has 0 aromatic carbocycles. The first kappa shape index (κ1) is 15.1. The molecule has 0 aliphatic carbocycles. The Morgan fingerprint density at radius 2 is 2.19 bits per heavy atom. The number of ether oxygens (including phenoxy) is 1. The van der Waals surface area contributed by atoms with Crippen molar-refractivity contribution in [1.29, 1.82) is 0 Å². The van der Waals surface area contributed by atoms with Crippen LogP contribution in [0.25, 0.3) is 0 Å². The van der Waals surface area contributed by atoms with E-state index in [2.05, 4.69) is 15.2 Å². The highest BCUT2D eigenvalue weighted by atomic mass is 35.5. The minimum atomic E-state index is -0.414. The van der Waals surface area contributed by atoms with Gasteiger partial charge >= 0.3 is 5.97 Å². The predicted octanol–water partition coefficient (Wildman–Crippen LogP) is 1.78. The molecule has 2 aromatic rings. The fourth-order valence-electron chi connectivity index (χ4n) is 1.83. The second-order valence-corrected chi connectivity index (χ2v) is 4.72. The van der Waals surface area contributed by atoms with E-state index in [9.17, 15) is 9.59 Å². The molecule has 21 heavy (non-hydrogen) atoms. The number of nitrogens with one attached hydrogen (secondary N) is 1. The zero-order chi connectivity index (χ0) is 15.4. The molecule has 0 bridgehead atoms. The van der Waals surface area contributed by atoms with Gasteiger partial charge in [-0.15, -0.1) is 0 Å². The third-order valence-electron chi connectivity index (χ3n) is 2.85. The standard InChI is InChI=1S/C13H15ClN4O3/c1-3-17-6-9(14)4-11(17)13(20)16-10-5-15-18(7-10)8-12(19)21-2/h4-7H,3,8H2,1-2H3,(H,16,20). The van der Waals surface area contributed by atoms with Gasteiger partial charge in [0.1, 0.15) is 12.2 Å². The van der Waals surface area contributed by atoms with Crippen molar-refractivity contribution in [2.75, 3.05) is 12.4 Å². The van der Waals surface area contributed by atoms with E-state index in [1.807, 2.05) is 6.92 Å². The van der Waals surface area contributed by atoms with Crippen LogP contribution < -0.4 is 5.32 Å². The van der Waals surface area contributed by atoms with Gasteiger partial charge in [0.25, 0.3) is 5.91 Å². The van der Waals surface area contributed by atoms with Gasteiger partial charge in [-0.25, -0.2) is 0 Å². The number of aromatic nitrogens is 3. The van der Waals surface area contributed by atoms with Crippen LogP contribution in [0.5, 0.6) is 0 Å². The summed E-state index contributed by atoms with van der Waals surface area (Å²) in [6, 6.07) is 1.60. The van der Waals surface area contributed by atoms with Crippen molar-refractivity contribution in [2.24, 2.45) is 0 Å². The van der Waals surface area contributed by atoms with Crippen LogP contribution >= 0.6 is 11.6 Å². The zero-order valence-corrected chi connectivity index (χ0v) is 12.4. The van der Waals surface area contributed by atoms with Crippen molar-refractivity contribution in [3.63, 3.8) is 0 Å². The Bertz CT molecular complexity index is 662. The Hall–Kier alpha value is -2.28. The SMILES string of the molecule is CCn1cc(Cl)cc1C(=O)Nc1cnn(CC(=O)OC)c1. The summed E-state index contributed by atoms with van der Waals surface area (Å²) in [5, 5.41) is 7.17. The molecule has 0 saturated carbocycles. The van der Waals surface area contributed by atoms with Crippen LogP contribution in [0.4, 0.5) is 5.69 Å². The lowest BCUT2D eigenvalue weighted by Crippen LogP contribution is -2.16. The van der Waals surface area contributed by atoms with E-state index >= 15 is 0 Å². The summed E-state index contributed by atoms with van der Waals surface area (Å²) in [6.45, 7) is 2.54. The van der Waals surface area contributed by atoms with Crippen molar-refractivity contribution in [1.82, 2.24) is 14.3 Å². The summed E-state index contributed by atoms with van der Waals surface area (Å²) in [6.07, 6.45) is 4.70. The van der Waals surface area contributed by atoms with Crippen LogP contribution in [-0.4, -0.2) is 33.3 Å². The first-order chi connectivity index (χ1) is 10.0. The molecule has 7 nitrogen and oxygen atoms in total. The van der Waals surface area contributed by atoms with Crippen LogP contribution in [-0.2, 0) is 22.6 Å². The highest BCUT2D eigenvalue weighted by Crippen LogP contribution is 2.16. The molecule has 0 unspecified atom stereocenters. The average Bonchev–Trinajstić information content (AvgIpc) is 3.05. The van der Waals surface area contributed by atoms with E-state index in [-0.39, 0.29) is 12.5 Å². The predicted molar refractivity (Wildman–Crippen MR) is 77.3 cm³/mol. The van der Waals surface area contributed by atoms with Gasteiger partial charge in [0, 0.05) is 18.9 Å². The number of methoxy groups -OCH3 is 1. The molecule has 2 rings (SSSR count). The topological polar surface area (TPSA) is 78.2 Å². The van der Waals surface area contributed by atoms with E-state index in [0.29, 0.717) is 22.9 Å². The molecule has 0 aliphatic rings. The van der Waals surface area contributed by atoms with Gasteiger partial charge in [0.2, 0.25) is 0 Å². The first-order valence-corrected chi connectivity index (χ1v) is 6.67. The Balaban J connectivity index is 2.07. The summed E-state index contributed by atoms with van der Waals surface area (Å²) in [7, 11) is 1.30. The number of anilines is 1. The van der Waals surface area contributed by atoms with Gasteiger partial charge < -0.3 is 14.6 Å². The minimum Gasteiger partial charge on any atom is -0.468 e. The number of rotatable bonds is 5.